The second kappa shape index (κ2) is 10.2. The van der Waals surface area contributed by atoms with Crippen LogP contribution in [0.25, 0.3) is 21.6 Å². The molecule has 5 rings (SSSR count). The molecule has 2 saturated heterocycles. The van der Waals surface area contributed by atoms with E-state index in [1.54, 1.807) is 22.4 Å². The molecule has 0 bridgehead atoms. The second-order valence-electron chi connectivity index (χ2n) is 9.30. The van der Waals surface area contributed by atoms with E-state index in [-0.39, 0.29) is 11.9 Å². The first kappa shape index (κ1) is 24.8. The number of aryl methyl sites for hydroxylation is 2. The highest BCUT2D eigenvalue weighted by Gasteiger charge is 2.26. The Balaban J connectivity index is 1.48. The number of rotatable bonds is 5. The lowest BCUT2D eigenvalue weighted by molar-refractivity contribution is -0.141. The molecule has 11 nitrogen and oxygen atoms in total. The average Bonchev–Trinajstić information content (AvgIpc) is 3.19. The van der Waals surface area contributed by atoms with Crippen LogP contribution in [-0.4, -0.2) is 99.3 Å². The van der Waals surface area contributed by atoms with Crippen LogP contribution in [0.4, 0.5) is 11.8 Å². The second-order valence-corrected chi connectivity index (χ2v) is 10.4. The van der Waals surface area contributed by atoms with E-state index in [1.807, 2.05) is 6.92 Å². The lowest BCUT2D eigenvalue weighted by Crippen LogP contribution is -2.50. The third-order valence-corrected chi connectivity index (χ3v) is 8.07. The summed E-state index contributed by atoms with van der Waals surface area (Å²) in [4.78, 5) is 38.2. The van der Waals surface area contributed by atoms with E-state index < -0.39 is 6.10 Å². The number of hydrogen-bond donors (Lipinski definition) is 2. The first-order chi connectivity index (χ1) is 17.3. The molecule has 3 aromatic rings. The Bertz CT molecular complexity index is 1270. The monoisotopic (exact) mass is 512 g/mol. The number of carbonyl (C=O) groups is 1. The number of piperazine rings is 1. The number of carbonyl (C=O) groups excluding carboxylic acids is 1. The van der Waals surface area contributed by atoms with Crippen molar-refractivity contribution in [3.8, 4) is 11.4 Å². The molecule has 0 aliphatic carbocycles. The van der Waals surface area contributed by atoms with Crippen LogP contribution in [0.3, 0.4) is 0 Å². The molecule has 12 heteroatoms. The summed E-state index contributed by atoms with van der Waals surface area (Å²) in [6.45, 7) is 12.0. The minimum absolute atomic E-state index is 0.201. The number of aliphatic hydroxyl groups excluding tert-OH is 1. The van der Waals surface area contributed by atoms with Crippen molar-refractivity contribution in [1.29, 1.82) is 0 Å². The highest BCUT2D eigenvalue weighted by molar-refractivity contribution is 7.19. The molecule has 0 aromatic carbocycles. The lowest BCUT2D eigenvalue weighted by Gasteiger charge is -2.35. The van der Waals surface area contributed by atoms with E-state index in [2.05, 4.69) is 26.7 Å². The SMILES string of the molecule is Cc1nc(N)ncc1-c1nc(N2CCOCC2)c2sc(CN3CCN(C(=O)C(C)O)CC3)c(C)c2n1. The largest absolute Gasteiger partial charge is 0.384 e. The lowest BCUT2D eigenvalue weighted by atomic mass is 10.2. The summed E-state index contributed by atoms with van der Waals surface area (Å²) in [6.07, 6.45) is 0.737. The van der Waals surface area contributed by atoms with Gasteiger partial charge in [0.25, 0.3) is 5.91 Å². The van der Waals surface area contributed by atoms with Crippen LogP contribution >= 0.6 is 11.3 Å². The van der Waals surface area contributed by atoms with Crippen LogP contribution in [0.1, 0.15) is 23.1 Å². The minimum Gasteiger partial charge on any atom is -0.384 e. The van der Waals surface area contributed by atoms with Gasteiger partial charge in [-0.3, -0.25) is 9.69 Å². The van der Waals surface area contributed by atoms with Gasteiger partial charge in [-0.15, -0.1) is 11.3 Å². The fraction of sp³-hybridized carbons (Fsp3) is 0.542. The summed E-state index contributed by atoms with van der Waals surface area (Å²) in [5, 5.41) is 9.62. The van der Waals surface area contributed by atoms with Crippen LogP contribution in [0.15, 0.2) is 6.20 Å². The molecule has 0 radical (unpaired) electrons. The summed E-state index contributed by atoms with van der Waals surface area (Å²) < 4.78 is 6.66. The van der Waals surface area contributed by atoms with Crippen LogP contribution in [0, 0.1) is 13.8 Å². The van der Waals surface area contributed by atoms with Crippen molar-refractivity contribution in [3.05, 3.63) is 22.3 Å². The van der Waals surface area contributed by atoms with Crippen molar-refractivity contribution in [3.63, 3.8) is 0 Å². The molecule has 1 unspecified atom stereocenters. The molecule has 2 fully saturated rings. The van der Waals surface area contributed by atoms with Crippen LogP contribution in [0.2, 0.25) is 0 Å². The number of ether oxygens (including phenoxy) is 1. The van der Waals surface area contributed by atoms with Gasteiger partial charge in [-0.25, -0.2) is 19.9 Å². The number of amides is 1. The molecule has 2 aliphatic rings. The van der Waals surface area contributed by atoms with Gasteiger partial charge in [0, 0.05) is 56.9 Å². The summed E-state index contributed by atoms with van der Waals surface area (Å²) in [6, 6.07) is 0. The number of morpholine rings is 1. The Morgan fingerprint density at radius 3 is 2.53 bits per heavy atom. The maximum Gasteiger partial charge on any atom is 0.251 e. The van der Waals surface area contributed by atoms with Crippen molar-refractivity contribution in [2.75, 3.05) is 63.1 Å². The predicted molar refractivity (Wildman–Crippen MR) is 139 cm³/mol. The minimum atomic E-state index is -0.956. The molecular formula is C24H32N8O3S. The first-order valence-electron chi connectivity index (χ1n) is 12.2. The number of anilines is 2. The van der Waals surface area contributed by atoms with Gasteiger partial charge in [0.15, 0.2) is 11.6 Å². The van der Waals surface area contributed by atoms with Gasteiger partial charge in [0.2, 0.25) is 5.95 Å². The molecule has 3 N–H and O–H groups in total. The molecular weight excluding hydrogens is 480 g/mol. The molecule has 0 saturated carbocycles. The Hall–Kier alpha value is -2.93. The Labute approximate surface area is 213 Å². The molecule has 192 valence electrons. The number of aliphatic hydroxyl groups is 1. The topological polar surface area (TPSA) is 134 Å². The molecule has 5 heterocycles. The van der Waals surface area contributed by atoms with Crippen LogP contribution in [-0.2, 0) is 16.1 Å². The van der Waals surface area contributed by atoms with E-state index >= 15 is 0 Å². The number of hydrogen-bond acceptors (Lipinski definition) is 11. The number of nitrogens with zero attached hydrogens (tertiary/aromatic N) is 7. The zero-order valence-electron chi connectivity index (χ0n) is 20.9. The number of fused-ring (bicyclic) bond motifs is 1. The van der Waals surface area contributed by atoms with Gasteiger partial charge >= 0.3 is 0 Å². The zero-order chi connectivity index (χ0) is 25.4. The summed E-state index contributed by atoms with van der Waals surface area (Å²) in [5.74, 6) is 1.54. The molecule has 0 spiro atoms. The van der Waals surface area contributed by atoms with Gasteiger partial charge in [0.05, 0.1) is 34.7 Å². The van der Waals surface area contributed by atoms with E-state index in [9.17, 15) is 9.90 Å². The van der Waals surface area contributed by atoms with E-state index in [4.69, 9.17) is 20.4 Å². The van der Waals surface area contributed by atoms with Crippen LogP contribution < -0.4 is 10.6 Å². The van der Waals surface area contributed by atoms with E-state index in [0.717, 1.165) is 65.6 Å². The molecule has 2 aliphatic heterocycles. The standard InChI is InChI=1S/C24H32N8O3S/c1-14-18(13-30-4-6-32(7-5-30)23(34)16(3)33)36-20-19(14)28-21(17-12-26-24(25)27-15(17)2)29-22(20)31-8-10-35-11-9-31/h12,16,33H,4-11,13H2,1-3H3,(H2,25,26,27). The Morgan fingerprint density at radius 1 is 1.14 bits per heavy atom. The molecule has 36 heavy (non-hydrogen) atoms. The zero-order valence-corrected chi connectivity index (χ0v) is 21.7. The van der Waals surface area contributed by atoms with Gasteiger partial charge in [-0.2, -0.15) is 0 Å². The predicted octanol–water partition coefficient (Wildman–Crippen LogP) is 1.21. The number of nitrogen functional groups attached to an aromatic ring is 1. The third kappa shape index (κ3) is 4.85. The first-order valence-corrected chi connectivity index (χ1v) is 13.0. The normalized spacial score (nSPS) is 18.1. The Kier molecular flexibility index (Phi) is 7.02. The van der Waals surface area contributed by atoms with Crippen LogP contribution in [0.5, 0.6) is 0 Å². The van der Waals surface area contributed by atoms with E-state index in [0.29, 0.717) is 32.1 Å². The van der Waals surface area contributed by atoms with Gasteiger partial charge in [0.1, 0.15) is 6.10 Å². The fourth-order valence-corrected chi connectivity index (χ4v) is 5.98. The average molecular weight is 513 g/mol. The summed E-state index contributed by atoms with van der Waals surface area (Å²) in [5.41, 5.74) is 9.38. The Morgan fingerprint density at radius 2 is 1.86 bits per heavy atom. The maximum absolute atomic E-state index is 12.1. The molecule has 3 aromatic heterocycles. The number of nitrogens with two attached hydrogens (primary N) is 1. The van der Waals surface area contributed by atoms with Gasteiger partial charge in [-0.05, 0) is 26.3 Å². The number of aromatic nitrogens is 4. The van der Waals surface area contributed by atoms with Crippen molar-refractivity contribution < 1.29 is 14.6 Å². The molecule has 1 atom stereocenters. The van der Waals surface area contributed by atoms with Crippen molar-refractivity contribution in [2.45, 2.75) is 33.4 Å². The van der Waals surface area contributed by atoms with Crippen molar-refractivity contribution >= 4 is 39.2 Å². The van der Waals surface area contributed by atoms with Crippen molar-refractivity contribution in [2.24, 2.45) is 0 Å². The van der Waals surface area contributed by atoms with E-state index in [1.165, 1.54) is 11.8 Å². The highest BCUT2D eigenvalue weighted by atomic mass is 32.1. The highest BCUT2D eigenvalue weighted by Crippen LogP contribution is 2.38. The fourth-order valence-electron chi connectivity index (χ4n) is 4.68. The summed E-state index contributed by atoms with van der Waals surface area (Å²) in [7, 11) is 0. The van der Waals surface area contributed by atoms with Gasteiger partial charge in [-0.1, -0.05) is 0 Å². The third-order valence-electron chi connectivity index (χ3n) is 6.80. The molecule has 1 amide bonds. The van der Waals surface area contributed by atoms with Gasteiger partial charge < -0.3 is 25.4 Å². The quantitative estimate of drug-likeness (QED) is 0.514. The smallest absolute Gasteiger partial charge is 0.251 e. The summed E-state index contributed by atoms with van der Waals surface area (Å²) >= 11 is 1.74. The maximum atomic E-state index is 12.1. The number of thiophene rings is 1. The van der Waals surface area contributed by atoms with Crippen molar-refractivity contribution in [1.82, 2.24) is 29.7 Å².